The van der Waals surface area contributed by atoms with Crippen molar-refractivity contribution in [2.75, 3.05) is 5.32 Å². The average Bonchev–Trinajstić information content (AvgIpc) is 3.02. The molecule has 0 saturated heterocycles. The quantitative estimate of drug-likeness (QED) is 0.747. The first-order chi connectivity index (χ1) is 10.2. The lowest BCUT2D eigenvalue weighted by Gasteiger charge is -2.05. The molecule has 0 saturated carbocycles. The molecular formula is C14H9FN4O2. The summed E-state index contributed by atoms with van der Waals surface area (Å²) in [4.78, 5) is 15.5. The van der Waals surface area contributed by atoms with E-state index in [0.717, 1.165) is 0 Å². The summed E-state index contributed by atoms with van der Waals surface area (Å²) in [6.07, 6.45) is 1.22. The number of aromatic nitrogens is 3. The number of halogens is 1. The van der Waals surface area contributed by atoms with Gasteiger partial charge in [-0.15, -0.1) is 10.2 Å². The van der Waals surface area contributed by atoms with Gasteiger partial charge in [-0.25, -0.2) is 4.98 Å². The monoisotopic (exact) mass is 284 g/mol. The van der Waals surface area contributed by atoms with Gasteiger partial charge < -0.3 is 9.73 Å². The van der Waals surface area contributed by atoms with E-state index in [1.807, 2.05) is 0 Å². The number of carbonyl (C=O) groups excluding carboxylic acids is 1. The van der Waals surface area contributed by atoms with Crippen LogP contribution in [0.3, 0.4) is 0 Å². The molecular weight excluding hydrogens is 275 g/mol. The van der Waals surface area contributed by atoms with Crippen molar-refractivity contribution >= 4 is 11.6 Å². The predicted octanol–water partition coefficient (Wildman–Crippen LogP) is 2.52. The van der Waals surface area contributed by atoms with Crippen LogP contribution in [0, 0.1) is 5.95 Å². The van der Waals surface area contributed by atoms with Gasteiger partial charge in [-0.1, -0.05) is 12.1 Å². The standard InChI is InChI=1S/C14H9FN4O2/c15-12-6-2-5-11(18-12)13(20)17-10-4-1-3-9(7-10)14-19-16-8-21-14/h1-8H,(H,17,20). The zero-order valence-corrected chi connectivity index (χ0v) is 10.7. The maximum Gasteiger partial charge on any atom is 0.274 e. The molecule has 0 aliphatic heterocycles. The van der Waals surface area contributed by atoms with Gasteiger partial charge in [-0.3, -0.25) is 4.79 Å². The summed E-state index contributed by atoms with van der Waals surface area (Å²) in [6.45, 7) is 0. The number of nitrogens with one attached hydrogen (secondary N) is 1. The topological polar surface area (TPSA) is 80.9 Å². The average molecular weight is 284 g/mol. The minimum Gasteiger partial charge on any atom is -0.423 e. The van der Waals surface area contributed by atoms with E-state index in [1.165, 1.54) is 24.6 Å². The Morgan fingerprint density at radius 2 is 2.05 bits per heavy atom. The van der Waals surface area contributed by atoms with Crippen LogP contribution in [-0.2, 0) is 0 Å². The summed E-state index contributed by atoms with van der Waals surface area (Å²) in [5, 5.41) is 10.0. The molecule has 7 heteroatoms. The maximum atomic E-state index is 13.0. The second kappa shape index (κ2) is 5.49. The lowest BCUT2D eigenvalue weighted by Crippen LogP contribution is -2.14. The van der Waals surface area contributed by atoms with Gasteiger partial charge in [0.1, 0.15) is 5.69 Å². The molecule has 6 nitrogen and oxygen atoms in total. The summed E-state index contributed by atoms with van der Waals surface area (Å²) >= 11 is 0. The third-order valence-electron chi connectivity index (χ3n) is 2.68. The smallest absolute Gasteiger partial charge is 0.274 e. The molecule has 1 aromatic carbocycles. The molecule has 0 spiro atoms. The van der Waals surface area contributed by atoms with Crippen molar-refractivity contribution in [3.05, 3.63) is 60.5 Å². The number of amides is 1. The summed E-state index contributed by atoms with van der Waals surface area (Å²) in [6, 6.07) is 10.9. The Morgan fingerprint density at radius 1 is 1.19 bits per heavy atom. The Kier molecular flexibility index (Phi) is 3.38. The van der Waals surface area contributed by atoms with E-state index in [9.17, 15) is 9.18 Å². The maximum absolute atomic E-state index is 13.0. The van der Waals surface area contributed by atoms with E-state index >= 15 is 0 Å². The van der Waals surface area contributed by atoms with Crippen molar-refractivity contribution in [3.63, 3.8) is 0 Å². The summed E-state index contributed by atoms with van der Waals surface area (Å²) < 4.78 is 18.1. The molecule has 0 atom stereocenters. The molecule has 0 radical (unpaired) electrons. The molecule has 3 aromatic rings. The van der Waals surface area contributed by atoms with Gasteiger partial charge in [0.25, 0.3) is 5.91 Å². The Morgan fingerprint density at radius 3 is 2.81 bits per heavy atom. The second-order valence-corrected chi connectivity index (χ2v) is 4.12. The zero-order chi connectivity index (χ0) is 14.7. The highest BCUT2D eigenvalue weighted by molar-refractivity contribution is 6.03. The molecule has 21 heavy (non-hydrogen) atoms. The Hall–Kier alpha value is -3.09. The van der Waals surface area contributed by atoms with Crippen LogP contribution in [0.1, 0.15) is 10.5 Å². The normalized spacial score (nSPS) is 10.3. The Labute approximate surface area is 118 Å². The van der Waals surface area contributed by atoms with Crippen LogP contribution < -0.4 is 5.32 Å². The highest BCUT2D eigenvalue weighted by Crippen LogP contribution is 2.20. The molecule has 0 aliphatic carbocycles. The van der Waals surface area contributed by atoms with Gasteiger partial charge in [0, 0.05) is 11.3 Å². The molecule has 0 unspecified atom stereocenters. The lowest BCUT2D eigenvalue weighted by molar-refractivity contribution is 0.102. The van der Waals surface area contributed by atoms with E-state index in [-0.39, 0.29) is 5.69 Å². The minimum atomic E-state index is -0.706. The second-order valence-electron chi connectivity index (χ2n) is 4.12. The van der Waals surface area contributed by atoms with Crippen molar-refractivity contribution in [3.8, 4) is 11.5 Å². The highest BCUT2D eigenvalue weighted by Gasteiger charge is 2.10. The van der Waals surface area contributed by atoms with Gasteiger partial charge in [-0.05, 0) is 30.3 Å². The minimum absolute atomic E-state index is 0.00167. The zero-order valence-electron chi connectivity index (χ0n) is 10.7. The molecule has 2 heterocycles. The van der Waals surface area contributed by atoms with Gasteiger partial charge in [0.15, 0.2) is 0 Å². The van der Waals surface area contributed by atoms with Crippen LogP contribution in [0.15, 0.2) is 53.3 Å². The molecule has 0 fully saturated rings. The van der Waals surface area contributed by atoms with Crippen LogP contribution in [0.25, 0.3) is 11.5 Å². The number of pyridine rings is 1. The molecule has 3 rings (SSSR count). The number of carbonyl (C=O) groups is 1. The molecule has 0 bridgehead atoms. The fourth-order valence-corrected chi connectivity index (χ4v) is 1.76. The Bertz CT molecular complexity index is 774. The Balaban J connectivity index is 1.82. The number of rotatable bonds is 3. The summed E-state index contributed by atoms with van der Waals surface area (Å²) in [5.41, 5.74) is 1.18. The number of hydrogen-bond donors (Lipinski definition) is 1. The largest absolute Gasteiger partial charge is 0.423 e. The van der Waals surface area contributed by atoms with Crippen molar-refractivity contribution < 1.29 is 13.6 Å². The first-order valence-electron chi connectivity index (χ1n) is 6.03. The lowest BCUT2D eigenvalue weighted by atomic mass is 10.2. The number of benzene rings is 1. The fourth-order valence-electron chi connectivity index (χ4n) is 1.76. The van der Waals surface area contributed by atoms with Crippen molar-refractivity contribution in [1.82, 2.24) is 15.2 Å². The number of anilines is 1. The van der Waals surface area contributed by atoms with Crippen LogP contribution >= 0.6 is 0 Å². The molecule has 1 N–H and O–H groups in total. The predicted molar refractivity (Wildman–Crippen MR) is 71.9 cm³/mol. The van der Waals surface area contributed by atoms with E-state index < -0.39 is 11.9 Å². The molecule has 0 aliphatic rings. The van der Waals surface area contributed by atoms with E-state index in [4.69, 9.17) is 4.42 Å². The third-order valence-corrected chi connectivity index (χ3v) is 2.68. The highest BCUT2D eigenvalue weighted by atomic mass is 19.1. The fraction of sp³-hybridized carbons (Fsp3) is 0. The van der Waals surface area contributed by atoms with E-state index in [2.05, 4.69) is 20.5 Å². The van der Waals surface area contributed by atoms with Crippen LogP contribution in [-0.4, -0.2) is 21.1 Å². The molecule has 2 aromatic heterocycles. The van der Waals surface area contributed by atoms with Crippen LogP contribution in [0.4, 0.5) is 10.1 Å². The van der Waals surface area contributed by atoms with E-state index in [1.54, 1.807) is 24.3 Å². The molecule has 1 amide bonds. The van der Waals surface area contributed by atoms with Gasteiger partial charge in [0.05, 0.1) is 0 Å². The van der Waals surface area contributed by atoms with Crippen molar-refractivity contribution in [2.45, 2.75) is 0 Å². The van der Waals surface area contributed by atoms with E-state index in [0.29, 0.717) is 17.1 Å². The SMILES string of the molecule is O=C(Nc1cccc(-c2nnco2)c1)c1cccc(F)n1. The summed E-state index contributed by atoms with van der Waals surface area (Å²) in [5.74, 6) is -0.866. The first kappa shape index (κ1) is 12.9. The van der Waals surface area contributed by atoms with Crippen molar-refractivity contribution in [1.29, 1.82) is 0 Å². The van der Waals surface area contributed by atoms with Gasteiger partial charge in [0.2, 0.25) is 18.2 Å². The summed E-state index contributed by atoms with van der Waals surface area (Å²) in [7, 11) is 0. The van der Waals surface area contributed by atoms with Crippen LogP contribution in [0.5, 0.6) is 0 Å². The van der Waals surface area contributed by atoms with Gasteiger partial charge >= 0.3 is 0 Å². The molecule has 104 valence electrons. The first-order valence-corrected chi connectivity index (χ1v) is 6.03. The van der Waals surface area contributed by atoms with Crippen LogP contribution in [0.2, 0.25) is 0 Å². The van der Waals surface area contributed by atoms with Gasteiger partial charge in [-0.2, -0.15) is 4.39 Å². The number of nitrogens with zero attached hydrogens (tertiary/aromatic N) is 3. The third kappa shape index (κ3) is 2.92. The number of hydrogen-bond acceptors (Lipinski definition) is 5. The van der Waals surface area contributed by atoms with Crippen molar-refractivity contribution in [2.24, 2.45) is 0 Å².